The summed E-state index contributed by atoms with van der Waals surface area (Å²) in [7, 11) is -3.77. The van der Waals surface area contributed by atoms with Crippen LogP contribution in [0.25, 0.3) is 0 Å². The van der Waals surface area contributed by atoms with E-state index in [0.29, 0.717) is 0 Å². The SMILES string of the molecule is C[C@H](OC(=O)c1cccc(S(=O)(=O)N2C[C@H](C)O[C@@H](C)C2)c1)C(=O)NC1CC1. The lowest BCUT2D eigenvalue weighted by Crippen LogP contribution is -2.48. The van der Waals surface area contributed by atoms with Gasteiger partial charge in [-0.1, -0.05) is 6.07 Å². The summed E-state index contributed by atoms with van der Waals surface area (Å²) in [6, 6.07) is 5.86. The molecule has 1 saturated carbocycles. The standard InChI is InChI=1S/C19H26N2O6S/c1-12-10-21(11-13(2)26-12)28(24,25)17-6-4-5-15(9-17)19(23)27-14(3)18(22)20-16-7-8-16/h4-6,9,12-14,16H,7-8,10-11H2,1-3H3,(H,20,22)/t12-,13-,14-/m0/s1. The number of morpholine rings is 1. The van der Waals surface area contributed by atoms with Gasteiger partial charge < -0.3 is 14.8 Å². The lowest BCUT2D eigenvalue weighted by molar-refractivity contribution is -0.129. The minimum Gasteiger partial charge on any atom is -0.449 e. The highest BCUT2D eigenvalue weighted by Gasteiger charge is 2.33. The van der Waals surface area contributed by atoms with Crippen LogP contribution in [-0.4, -0.2) is 62.0 Å². The van der Waals surface area contributed by atoms with Crippen LogP contribution in [0.1, 0.15) is 44.0 Å². The fourth-order valence-corrected chi connectivity index (χ4v) is 4.72. The van der Waals surface area contributed by atoms with Gasteiger partial charge in [-0.25, -0.2) is 13.2 Å². The molecule has 1 saturated heterocycles. The fourth-order valence-electron chi connectivity index (χ4n) is 3.09. The van der Waals surface area contributed by atoms with Crippen LogP contribution >= 0.6 is 0 Å². The van der Waals surface area contributed by atoms with E-state index in [4.69, 9.17) is 9.47 Å². The lowest BCUT2D eigenvalue weighted by Gasteiger charge is -2.34. The minimum atomic E-state index is -3.77. The van der Waals surface area contributed by atoms with Gasteiger partial charge in [0.15, 0.2) is 6.10 Å². The van der Waals surface area contributed by atoms with Gasteiger partial charge in [0.05, 0.1) is 22.7 Å². The van der Waals surface area contributed by atoms with Gasteiger partial charge in [-0.3, -0.25) is 4.79 Å². The van der Waals surface area contributed by atoms with Crippen LogP contribution in [0.5, 0.6) is 0 Å². The Bertz CT molecular complexity index is 842. The molecule has 1 aliphatic carbocycles. The van der Waals surface area contributed by atoms with Crippen molar-refractivity contribution in [3.8, 4) is 0 Å². The highest BCUT2D eigenvalue weighted by molar-refractivity contribution is 7.89. The van der Waals surface area contributed by atoms with Crippen LogP contribution in [-0.2, 0) is 24.3 Å². The quantitative estimate of drug-likeness (QED) is 0.710. The van der Waals surface area contributed by atoms with Crippen LogP contribution in [0.4, 0.5) is 0 Å². The molecule has 3 atom stereocenters. The van der Waals surface area contributed by atoms with Gasteiger partial charge in [-0.05, 0) is 51.8 Å². The third kappa shape index (κ3) is 4.89. The fraction of sp³-hybridized carbons (Fsp3) is 0.579. The molecule has 9 heteroatoms. The number of amides is 1. The summed E-state index contributed by atoms with van der Waals surface area (Å²) in [6.45, 7) is 5.63. The Morgan fingerprint density at radius 3 is 2.46 bits per heavy atom. The molecule has 1 amide bonds. The molecule has 0 aromatic heterocycles. The molecular weight excluding hydrogens is 384 g/mol. The number of hydrogen-bond acceptors (Lipinski definition) is 6. The number of ether oxygens (including phenoxy) is 2. The first-order valence-corrected chi connectivity index (χ1v) is 10.9. The Labute approximate surface area is 165 Å². The first-order chi connectivity index (χ1) is 13.2. The molecule has 1 N–H and O–H groups in total. The number of benzene rings is 1. The highest BCUT2D eigenvalue weighted by atomic mass is 32.2. The van der Waals surface area contributed by atoms with Crippen LogP contribution in [0.2, 0.25) is 0 Å². The number of rotatable bonds is 6. The summed E-state index contributed by atoms with van der Waals surface area (Å²) in [6.07, 6.45) is 0.500. The molecule has 0 radical (unpaired) electrons. The van der Waals surface area contributed by atoms with Gasteiger partial charge >= 0.3 is 5.97 Å². The van der Waals surface area contributed by atoms with E-state index in [0.717, 1.165) is 12.8 Å². The van der Waals surface area contributed by atoms with Crippen molar-refractivity contribution in [2.75, 3.05) is 13.1 Å². The zero-order valence-corrected chi connectivity index (χ0v) is 17.1. The van der Waals surface area contributed by atoms with Crippen molar-refractivity contribution in [3.05, 3.63) is 29.8 Å². The van der Waals surface area contributed by atoms with Gasteiger partial charge in [-0.2, -0.15) is 4.31 Å². The number of hydrogen-bond donors (Lipinski definition) is 1. The number of nitrogens with zero attached hydrogens (tertiary/aromatic N) is 1. The van der Waals surface area contributed by atoms with Gasteiger partial charge in [0.25, 0.3) is 5.91 Å². The van der Waals surface area contributed by atoms with Crippen LogP contribution in [0.3, 0.4) is 0 Å². The van der Waals surface area contributed by atoms with Crippen molar-refractivity contribution in [2.45, 2.75) is 62.9 Å². The van der Waals surface area contributed by atoms with Gasteiger partial charge in [-0.15, -0.1) is 0 Å². The topological polar surface area (TPSA) is 102 Å². The Morgan fingerprint density at radius 1 is 1.21 bits per heavy atom. The highest BCUT2D eigenvalue weighted by Crippen LogP contribution is 2.22. The second-order valence-corrected chi connectivity index (χ2v) is 9.38. The van der Waals surface area contributed by atoms with Gasteiger partial charge in [0, 0.05) is 19.1 Å². The van der Waals surface area contributed by atoms with E-state index in [2.05, 4.69) is 5.32 Å². The summed E-state index contributed by atoms with van der Waals surface area (Å²) in [5.74, 6) is -1.09. The number of nitrogens with one attached hydrogen (secondary N) is 1. The molecule has 0 bridgehead atoms. The third-order valence-corrected chi connectivity index (χ3v) is 6.50. The number of carbonyl (C=O) groups excluding carboxylic acids is 2. The van der Waals surface area contributed by atoms with Crippen LogP contribution in [0.15, 0.2) is 29.2 Å². The Hall–Kier alpha value is -1.97. The molecule has 2 fully saturated rings. The maximum atomic E-state index is 13.0. The van der Waals surface area contributed by atoms with Crippen molar-refractivity contribution < 1.29 is 27.5 Å². The number of sulfonamides is 1. The summed E-state index contributed by atoms with van der Waals surface area (Å²) in [4.78, 5) is 24.4. The molecule has 0 spiro atoms. The minimum absolute atomic E-state index is 0.0123. The Morgan fingerprint density at radius 2 is 1.86 bits per heavy atom. The zero-order valence-electron chi connectivity index (χ0n) is 16.3. The molecule has 1 aromatic carbocycles. The van der Waals surface area contributed by atoms with Gasteiger partial charge in [0.2, 0.25) is 10.0 Å². The predicted molar refractivity (Wildman–Crippen MR) is 101 cm³/mol. The summed E-state index contributed by atoms with van der Waals surface area (Å²) in [5, 5.41) is 2.77. The smallest absolute Gasteiger partial charge is 0.338 e. The normalized spacial score (nSPS) is 24.4. The van der Waals surface area contributed by atoms with E-state index < -0.39 is 22.1 Å². The van der Waals surface area contributed by atoms with Crippen molar-refractivity contribution in [2.24, 2.45) is 0 Å². The maximum Gasteiger partial charge on any atom is 0.338 e. The average molecular weight is 410 g/mol. The Balaban J connectivity index is 1.71. The second-order valence-electron chi connectivity index (χ2n) is 7.44. The number of carbonyl (C=O) groups is 2. The van der Waals surface area contributed by atoms with E-state index in [-0.39, 0.29) is 47.7 Å². The van der Waals surface area contributed by atoms with Gasteiger partial charge in [0.1, 0.15) is 0 Å². The Kier molecular flexibility index (Phi) is 6.07. The van der Waals surface area contributed by atoms with Crippen LogP contribution in [0, 0.1) is 0 Å². The van der Waals surface area contributed by atoms with Crippen molar-refractivity contribution in [3.63, 3.8) is 0 Å². The average Bonchev–Trinajstić information content (AvgIpc) is 3.44. The predicted octanol–water partition coefficient (Wildman–Crippen LogP) is 1.31. The summed E-state index contributed by atoms with van der Waals surface area (Å²) < 4.78 is 38.1. The van der Waals surface area contributed by atoms with E-state index in [9.17, 15) is 18.0 Å². The molecule has 1 heterocycles. The first kappa shape index (κ1) is 20.8. The number of esters is 1. The summed E-state index contributed by atoms with van der Waals surface area (Å²) >= 11 is 0. The molecule has 1 aromatic rings. The zero-order chi connectivity index (χ0) is 20.5. The summed E-state index contributed by atoms with van der Waals surface area (Å²) in [5.41, 5.74) is 0.0847. The molecule has 154 valence electrons. The van der Waals surface area contributed by atoms with Crippen molar-refractivity contribution in [1.29, 1.82) is 0 Å². The molecule has 2 aliphatic rings. The molecular formula is C19H26N2O6S. The van der Waals surface area contributed by atoms with E-state index in [1.54, 1.807) is 0 Å². The first-order valence-electron chi connectivity index (χ1n) is 9.44. The molecule has 0 unspecified atom stereocenters. The molecule has 8 nitrogen and oxygen atoms in total. The van der Waals surface area contributed by atoms with Crippen LogP contribution < -0.4 is 5.32 Å². The molecule has 1 aliphatic heterocycles. The monoisotopic (exact) mass is 410 g/mol. The molecule has 28 heavy (non-hydrogen) atoms. The third-order valence-electron chi connectivity index (χ3n) is 4.67. The van der Waals surface area contributed by atoms with E-state index in [1.807, 2.05) is 13.8 Å². The van der Waals surface area contributed by atoms with Crippen molar-refractivity contribution >= 4 is 21.9 Å². The molecule has 3 rings (SSSR count). The second kappa shape index (κ2) is 8.18. The van der Waals surface area contributed by atoms with E-state index in [1.165, 1.54) is 35.5 Å². The van der Waals surface area contributed by atoms with E-state index >= 15 is 0 Å². The largest absolute Gasteiger partial charge is 0.449 e. The maximum absolute atomic E-state index is 13.0. The van der Waals surface area contributed by atoms with Crippen molar-refractivity contribution in [1.82, 2.24) is 9.62 Å². The lowest BCUT2D eigenvalue weighted by atomic mass is 10.2.